The molecular weight excluding hydrogens is 1650 g/mol. The molecule has 676 valence electrons. The van der Waals surface area contributed by atoms with E-state index in [1.165, 1.54) is 30.5 Å². The number of H-pyrrole nitrogens is 2. The molecule has 2 unspecified atom stereocenters. The van der Waals surface area contributed by atoms with Gasteiger partial charge < -0.3 is 56.0 Å². The second-order valence-electron chi connectivity index (χ2n) is 31.6. The summed E-state index contributed by atoms with van der Waals surface area (Å²) in [5, 5.41) is 20.2. The van der Waals surface area contributed by atoms with Crippen LogP contribution in [0.15, 0.2) is 94.8 Å². The normalized spacial score (nSPS) is 14.1. The molecule has 0 spiro atoms. The van der Waals surface area contributed by atoms with Crippen LogP contribution < -0.4 is 61.9 Å². The Kier molecular flexibility index (Phi) is 39.2. The van der Waals surface area contributed by atoms with E-state index >= 15 is 0 Å². The van der Waals surface area contributed by atoms with E-state index in [1.807, 2.05) is 41.5 Å². The number of nitrogens with zero attached hydrogens (tertiary/aromatic N) is 9. The zero-order valence-corrected chi connectivity index (χ0v) is 72.1. The van der Waals surface area contributed by atoms with Crippen molar-refractivity contribution in [2.75, 3.05) is 67.9 Å². The number of hydrogen-bond acceptors (Lipinski definition) is 30. The molecule has 6 heterocycles. The topological polar surface area (TPSA) is 562 Å². The molecule has 4 atom stereocenters. The molecule has 0 saturated heterocycles. The number of rotatable bonds is 46. The number of carbonyl (C=O) groups excluding carboxylic acids is 13. The fourth-order valence-electron chi connectivity index (χ4n) is 11.8. The van der Waals surface area contributed by atoms with Gasteiger partial charge in [-0.3, -0.25) is 97.1 Å². The number of fused-ring (bicyclic) bond motifs is 2. The molecule has 0 radical (unpaired) electrons. The van der Waals surface area contributed by atoms with Gasteiger partial charge in [0, 0.05) is 128 Å². The van der Waals surface area contributed by atoms with Gasteiger partial charge in [0.25, 0.3) is 46.6 Å². The minimum Gasteiger partial charge on any atom is -0.870 e. The summed E-state index contributed by atoms with van der Waals surface area (Å²) in [6.07, 6.45) is 3.45. The van der Waals surface area contributed by atoms with Gasteiger partial charge in [-0.05, 0) is 101 Å². The fraction of sp³-hybridized carbons (Fsp3) is 0.494. The average molecular weight is 1760 g/mol. The SMILES string of the molecule is CC(C)(C)C(C)(OCCCC(=O)CC[C@H](NC(=O)c1ccc(NCc2cnc3nc(N)[nH]c(=O)c3n2)cc1)C(=O)O)OCCCC(=O)CCN1C(=O)C=CC1=O.COC(=O)[C@H](CCC(=O)CCCOC(C)(OCCCC(=O)CCN1C(=O)C=CC1=O)C(C)(C)C)NC(=O)c1ccc(N(Cc2cnc3nc(NC(=O)C(C)C)[nH]c(=O)c3n2)C(=O)C(F)(F)F)cc1.[Li+].[OH-]. The van der Waals surface area contributed by atoms with Crippen LogP contribution >= 0.6 is 0 Å². The van der Waals surface area contributed by atoms with Gasteiger partial charge >= 0.3 is 42.9 Å². The van der Waals surface area contributed by atoms with Crippen LogP contribution in [0.25, 0.3) is 22.3 Å². The number of ketones is 4. The Balaban J connectivity index is 0.000000448. The number of anilines is 4. The number of alkyl halides is 3. The van der Waals surface area contributed by atoms with Crippen LogP contribution in [0.1, 0.15) is 191 Å². The Labute approximate surface area is 733 Å². The first-order valence-corrected chi connectivity index (χ1v) is 39.8. The molecule has 2 aliphatic rings. The first kappa shape index (κ1) is 104. The number of aliphatic carboxylic acids is 1. The van der Waals surface area contributed by atoms with Gasteiger partial charge in [-0.15, -0.1) is 0 Å². The summed E-state index contributed by atoms with van der Waals surface area (Å²) in [5.41, 5.74) is 3.40. The number of aromatic nitrogens is 8. The van der Waals surface area contributed by atoms with Crippen molar-refractivity contribution in [3.63, 3.8) is 0 Å². The number of aromatic amines is 2. The quantitative estimate of drug-likeness (QED) is 0.00886. The number of hydrogen-bond donors (Lipinski definition) is 8. The molecule has 39 nitrogen and oxygen atoms in total. The van der Waals surface area contributed by atoms with Crippen molar-refractivity contribution >= 4 is 128 Å². The van der Waals surface area contributed by atoms with Crippen LogP contribution in [0.3, 0.4) is 0 Å². The minimum absolute atomic E-state index is 0. The Morgan fingerprint density at radius 1 is 0.540 bits per heavy atom. The summed E-state index contributed by atoms with van der Waals surface area (Å²) in [6, 6.07) is 8.07. The number of nitrogens with two attached hydrogens (primary N) is 1. The third-order valence-corrected chi connectivity index (χ3v) is 20.1. The fourth-order valence-corrected chi connectivity index (χ4v) is 11.8. The molecule has 126 heavy (non-hydrogen) atoms. The van der Waals surface area contributed by atoms with Crippen LogP contribution in [0, 0.1) is 16.7 Å². The maximum Gasteiger partial charge on any atom is 1.00 e. The summed E-state index contributed by atoms with van der Waals surface area (Å²) in [5.74, 6) is -11.6. The molecule has 0 fully saturated rings. The van der Waals surface area contributed by atoms with Crippen LogP contribution in [0.2, 0.25) is 0 Å². The number of carbonyl (C=O) groups is 14. The molecule has 10 N–H and O–H groups in total. The van der Waals surface area contributed by atoms with Crippen molar-refractivity contribution < 1.29 is 133 Å². The second-order valence-corrected chi connectivity index (χ2v) is 31.6. The van der Waals surface area contributed by atoms with E-state index in [2.05, 4.69) is 61.1 Å². The number of nitrogens with one attached hydrogen (secondary N) is 6. The number of carboxylic acids is 1. The van der Waals surface area contributed by atoms with E-state index in [-0.39, 0.29) is 221 Å². The summed E-state index contributed by atoms with van der Waals surface area (Å²) in [7, 11) is 1.09. The standard InChI is InChI=1S/C45H55F3N8O12.C38H48N8O10.Li.H2O/c1-26(2)37(61)53-42-52-36-35(39(63)54-42)50-28(24-49-36)25-56(41(65)45(46,47)48)29-14-12-27(13-15-29)38(62)51-32(40(64)66-7)17-16-30(57)10-8-22-67-44(6,43(3,4)5)68-23-9-11-31(58)20-21-55-33(59)18-19-34(55)60;1-37(2,3)38(4,56-20-6-8-27(48)17-18-46-29(49)15-16-30(46)50)55-19-5-7-26(47)13-14-28(35(53)54)43-33(51)23-9-11-24(12-10-23)40-21-25-22-41-32-31(42-25)34(52)45-36(39)44-32;;/h12-15,18-19,24,26,32H,8-11,16-17,20-23,25H2,1-7H3,(H,51,62)(H2,49,52,53,54,61,63);9-12,15-16,22,28,40H,5-8,13-14,17-21H2,1-4H3,(H,43,51)(H,53,54)(H3,39,41,44,45,52);;1H2/q;;+1;/p-1/t32-,44?;28-,38?;;/m00../s1. The van der Waals surface area contributed by atoms with Gasteiger partial charge in [0.15, 0.2) is 33.9 Å². The number of Topliss-reactive ketones (excluding diaryl/α,β-unsaturated/α-hetero) is 4. The monoisotopic (exact) mass is 1760 g/mol. The number of benzene rings is 2. The smallest absolute Gasteiger partial charge is 0.870 e. The molecule has 8 rings (SSSR count). The summed E-state index contributed by atoms with van der Waals surface area (Å²) in [6.45, 7) is 18.5. The molecule has 6 aromatic rings. The summed E-state index contributed by atoms with van der Waals surface area (Å²) < 4.78 is 70.7. The zero-order valence-electron chi connectivity index (χ0n) is 72.1. The van der Waals surface area contributed by atoms with Gasteiger partial charge in [-0.25, -0.2) is 29.5 Å². The number of ether oxygens (including phenoxy) is 5. The number of halogens is 3. The Hall–Kier alpha value is -12.1. The number of nitrogen functional groups attached to an aromatic ring is 1. The van der Waals surface area contributed by atoms with Crippen molar-refractivity contribution in [2.45, 2.75) is 202 Å². The van der Waals surface area contributed by atoms with Crippen molar-refractivity contribution in [2.24, 2.45) is 16.7 Å². The third kappa shape index (κ3) is 31.0. The van der Waals surface area contributed by atoms with E-state index in [4.69, 9.17) is 29.4 Å². The number of amides is 8. The molecule has 8 amide bonds. The second kappa shape index (κ2) is 47.3. The van der Waals surface area contributed by atoms with Crippen LogP contribution in [0.4, 0.5) is 36.4 Å². The van der Waals surface area contributed by atoms with Crippen LogP contribution in [-0.4, -0.2) is 219 Å². The number of imide groups is 2. The molecule has 0 bridgehead atoms. The maximum absolute atomic E-state index is 13.8. The van der Waals surface area contributed by atoms with E-state index in [0.717, 1.165) is 59.5 Å². The maximum atomic E-state index is 13.8. The summed E-state index contributed by atoms with van der Waals surface area (Å²) >= 11 is 0. The van der Waals surface area contributed by atoms with Crippen LogP contribution in [-0.2, 0) is 94.3 Å². The zero-order chi connectivity index (χ0) is 91.6. The molecule has 0 saturated carbocycles. The van der Waals surface area contributed by atoms with Gasteiger partial charge in [-0.2, -0.15) is 23.1 Å². The molecule has 0 aliphatic carbocycles. The molecule has 4 aromatic heterocycles. The van der Waals surface area contributed by atoms with Crippen molar-refractivity contribution in [1.82, 2.24) is 60.3 Å². The predicted molar refractivity (Wildman–Crippen MR) is 441 cm³/mol. The van der Waals surface area contributed by atoms with E-state index in [9.17, 15) is 95.0 Å². The number of esters is 1. The minimum atomic E-state index is -5.35. The first-order chi connectivity index (χ1) is 58.3. The van der Waals surface area contributed by atoms with Gasteiger partial charge in [0.1, 0.15) is 35.2 Å². The molecular formula is C83H104F3LiN16O23. The van der Waals surface area contributed by atoms with Gasteiger partial charge in [0.2, 0.25) is 17.8 Å². The summed E-state index contributed by atoms with van der Waals surface area (Å²) in [4.78, 5) is 229. The average Bonchev–Trinajstić information content (AvgIpc) is 1.14. The Bertz CT molecular complexity index is 5100. The van der Waals surface area contributed by atoms with E-state index in [1.54, 1.807) is 39.8 Å². The van der Waals surface area contributed by atoms with Gasteiger partial charge in [0.05, 0.1) is 70.4 Å². The van der Waals surface area contributed by atoms with Crippen LogP contribution in [0.5, 0.6) is 0 Å². The third-order valence-electron chi connectivity index (χ3n) is 20.1. The largest absolute Gasteiger partial charge is 1.00 e. The van der Waals surface area contributed by atoms with E-state index in [0.29, 0.717) is 35.5 Å². The predicted octanol–water partition coefficient (Wildman–Crippen LogP) is 3.77. The van der Waals surface area contributed by atoms with E-state index < -0.39 is 123 Å². The Morgan fingerprint density at radius 3 is 1.36 bits per heavy atom. The van der Waals surface area contributed by atoms with Crippen molar-refractivity contribution in [3.05, 3.63) is 128 Å². The molecule has 2 aliphatic heterocycles. The van der Waals surface area contributed by atoms with Crippen molar-refractivity contribution in [1.29, 1.82) is 0 Å². The first-order valence-electron chi connectivity index (χ1n) is 39.8. The molecule has 2 aromatic carbocycles. The molecule has 43 heteroatoms. The number of carboxylic acid groups (broad SMARTS) is 1. The van der Waals surface area contributed by atoms with Crippen molar-refractivity contribution in [3.8, 4) is 0 Å². The van der Waals surface area contributed by atoms with Gasteiger partial charge in [-0.1, -0.05) is 55.4 Å². The number of methoxy groups -OCH3 is 1. The Morgan fingerprint density at radius 2 is 0.937 bits per heavy atom.